The van der Waals surface area contributed by atoms with Crippen LogP contribution >= 0.6 is 0 Å². The first-order valence-corrected chi connectivity index (χ1v) is 8.76. The van der Waals surface area contributed by atoms with E-state index in [0.717, 1.165) is 45.6 Å². The number of benzene rings is 1. The fourth-order valence-corrected chi connectivity index (χ4v) is 3.74. The van der Waals surface area contributed by atoms with Crippen LogP contribution in [-0.2, 0) is 11.2 Å². The van der Waals surface area contributed by atoms with E-state index < -0.39 is 0 Å². The van der Waals surface area contributed by atoms with Gasteiger partial charge in [-0.3, -0.25) is 9.69 Å². The standard InChI is InChI=1S/C18H28N4O/c1-19-9-8-17(23)18(22-12-10-20-11-13-22)16-7-6-14-4-2-3-5-15(14)21-16/h2-5,16,18-21H,6-13H2,1H3. The molecule has 5 heteroatoms. The van der Waals surface area contributed by atoms with Gasteiger partial charge in [-0.15, -0.1) is 0 Å². The van der Waals surface area contributed by atoms with E-state index in [4.69, 9.17) is 0 Å². The minimum absolute atomic E-state index is 0.0150. The highest BCUT2D eigenvalue weighted by Gasteiger charge is 2.35. The first-order valence-electron chi connectivity index (χ1n) is 8.76. The van der Waals surface area contributed by atoms with Crippen LogP contribution in [0.25, 0.3) is 0 Å². The summed E-state index contributed by atoms with van der Waals surface area (Å²) in [4.78, 5) is 15.2. The largest absolute Gasteiger partial charge is 0.380 e. The maximum atomic E-state index is 12.9. The molecule has 1 saturated heterocycles. The molecule has 1 fully saturated rings. The average molecular weight is 316 g/mol. The summed E-state index contributed by atoms with van der Waals surface area (Å²) in [6.07, 6.45) is 2.68. The van der Waals surface area contributed by atoms with Crippen molar-refractivity contribution in [2.75, 3.05) is 45.1 Å². The summed E-state index contributed by atoms with van der Waals surface area (Å²) in [6.45, 7) is 4.61. The van der Waals surface area contributed by atoms with Crippen LogP contribution in [0, 0.1) is 0 Å². The minimum Gasteiger partial charge on any atom is -0.380 e. The van der Waals surface area contributed by atoms with Gasteiger partial charge >= 0.3 is 0 Å². The number of nitrogens with zero attached hydrogens (tertiary/aromatic N) is 1. The number of aryl methyl sites for hydroxylation is 1. The van der Waals surface area contributed by atoms with Crippen molar-refractivity contribution in [1.82, 2.24) is 15.5 Å². The lowest BCUT2D eigenvalue weighted by atomic mass is 9.89. The summed E-state index contributed by atoms with van der Waals surface area (Å²) in [5.74, 6) is 0.359. The number of nitrogens with one attached hydrogen (secondary N) is 3. The van der Waals surface area contributed by atoms with Crippen LogP contribution in [0.2, 0.25) is 0 Å². The summed E-state index contributed by atoms with van der Waals surface area (Å²) < 4.78 is 0. The van der Waals surface area contributed by atoms with Gasteiger partial charge in [-0.1, -0.05) is 18.2 Å². The minimum atomic E-state index is -0.0150. The molecule has 23 heavy (non-hydrogen) atoms. The van der Waals surface area contributed by atoms with Crippen LogP contribution in [0.5, 0.6) is 0 Å². The van der Waals surface area contributed by atoms with E-state index in [9.17, 15) is 4.79 Å². The number of hydrogen-bond acceptors (Lipinski definition) is 5. The molecule has 1 aromatic rings. The first kappa shape index (κ1) is 16.4. The van der Waals surface area contributed by atoms with Gasteiger partial charge in [0.2, 0.25) is 0 Å². The number of piperazine rings is 1. The van der Waals surface area contributed by atoms with E-state index in [1.807, 2.05) is 7.05 Å². The molecule has 0 aliphatic carbocycles. The molecule has 3 N–H and O–H groups in total. The van der Waals surface area contributed by atoms with Crippen LogP contribution in [0.3, 0.4) is 0 Å². The third-order valence-corrected chi connectivity index (χ3v) is 4.96. The second-order valence-electron chi connectivity index (χ2n) is 6.50. The van der Waals surface area contributed by atoms with E-state index in [0.29, 0.717) is 12.2 Å². The number of anilines is 1. The maximum absolute atomic E-state index is 12.9. The number of carbonyl (C=O) groups is 1. The number of carbonyl (C=O) groups excluding carboxylic acids is 1. The lowest BCUT2D eigenvalue weighted by Gasteiger charge is -2.41. The van der Waals surface area contributed by atoms with Gasteiger partial charge in [0.25, 0.3) is 0 Å². The highest BCUT2D eigenvalue weighted by atomic mass is 16.1. The Morgan fingerprint density at radius 3 is 2.91 bits per heavy atom. The SMILES string of the molecule is CNCCC(=O)C(C1CCc2ccccc2N1)N1CCNCC1. The lowest BCUT2D eigenvalue weighted by Crippen LogP contribution is -2.58. The molecule has 5 nitrogen and oxygen atoms in total. The Morgan fingerprint density at radius 1 is 1.35 bits per heavy atom. The topological polar surface area (TPSA) is 56.4 Å². The molecule has 0 aromatic heterocycles. The Bertz CT molecular complexity index is 528. The average Bonchev–Trinajstić information content (AvgIpc) is 2.61. The van der Waals surface area contributed by atoms with E-state index in [2.05, 4.69) is 45.1 Å². The third-order valence-electron chi connectivity index (χ3n) is 4.96. The zero-order chi connectivity index (χ0) is 16.1. The molecule has 0 saturated carbocycles. The molecule has 0 bridgehead atoms. The Morgan fingerprint density at radius 2 is 2.13 bits per heavy atom. The lowest BCUT2D eigenvalue weighted by molar-refractivity contribution is -0.125. The summed E-state index contributed by atoms with van der Waals surface area (Å²) >= 11 is 0. The zero-order valence-corrected chi connectivity index (χ0v) is 14.0. The second-order valence-corrected chi connectivity index (χ2v) is 6.50. The third kappa shape index (κ3) is 3.91. The van der Waals surface area contributed by atoms with Gasteiger partial charge in [0.15, 0.2) is 5.78 Å². The zero-order valence-electron chi connectivity index (χ0n) is 14.0. The fraction of sp³-hybridized carbons (Fsp3) is 0.611. The number of rotatable bonds is 6. The normalized spacial score (nSPS) is 22.9. The van der Waals surface area contributed by atoms with Gasteiger partial charge in [0.1, 0.15) is 0 Å². The van der Waals surface area contributed by atoms with E-state index in [1.54, 1.807) is 0 Å². The summed E-state index contributed by atoms with van der Waals surface area (Å²) in [5.41, 5.74) is 2.57. The number of Topliss-reactive ketones (excluding diaryl/α,β-unsaturated/α-hetero) is 1. The molecule has 2 aliphatic rings. The molecule has 2 unspecified atom stereocenters. The number of para-hydroxylation sites is 1. The number of fused-ring (bicyclic) bond motifs is 1. The van der Waals surface area contributed by atoms with Gasteiger partial charge in [0.05, 0.1) is 6.04 Å². The summed E-state index contributed by atoms with van der Waals surface area (Å²) in [6, 6.07) is 8.67. The van der Waals surface area contributed by atoms with E-state index in [-0.39, 0.29) is 12.1 Å². The predicted octanol–water partition coefficient (Wildman–Crippen LogP) is 0.866. The van der Waals surface area contributed by atoms with Gasteiger partial charge < -0.3 is 16.0 Å². The molecule has 126 valence electrons. The highest BCUT2D eigenvalue weighted by molar-refractivity contribution is 5.85. The van der Waals surface area contributed by atoms with Crippen LogP contribution in [0.1, 0.15) is 18.4 Å². The monoisotopic (exact) mass is 316 g/mol. The fourth-order valence-electron chi connectivity index (χ4n) is 3.74. The van der Waals surface area contributed by atoms with Crippen molar-refractivity contribution in [2.24, 2.45) is 0 Å². The van der Waals surface area contributed by atoms with E-state index >= 15 is 0 Å². The Hall–Kier alpha value is -1.43. The second kappa shape index (κ2) is 7.90. The smallest absolute Gasteiger partial charge is 0.153 e. The molecule has 2 heterocycles. The summed E-state index contributed by atoms with van der Waals surface area (Å²) in [7, 11) is 1.90. The molecule has 3 rings (SSSR count). The quantitative estimate of drug-likeness (QED) is 0.727. The Labute approximate surface area is 138 Å². The number of hydrogen-bond donors (Lipinski definition) is 3. The Balaban J connectivity index is 1.76. The van der Waals surface area contributed by atoms with Gasteiger partial charge in [-0.25, -0.2) is 0 Å². The van der Waals surface area contributed by atoms with Crippen molar-refractivity contribution in [3.05, 3.63) is 29.8 Å². The molecular weight excluding hydrogens is 288 g/mol. The molecule has 0 spiro atoms. The molecule has 0 amide bonds. The molecular formula is C18H28N4O. The molecule has 0 radical (unpaired) electrons. The van der Waals surface area contributed by atoms with Crippen LogP contribution < -0.4 is 16.0 Å². The Kier molecular flexibility index (Phi) is 5.65. The van der Waals surface area contributed by atoms with Gasteiger partial charge in [0, 0.05) is 50.9 Å². The van der Waals surface area contributed by atoms with Crippen molar-refractivity contribution >= 4 is 11.5 Å². The van der Waals surface area contributed by atoms with Crippen molar-refractivity contribution in [3.8, 4) is 0 Å². The molecule has 2 aliphatic heterocycles. The first-order chi connectivity index (χ1) is 11.3. The van der Waals surface area contributed by atoms with Crippen molar-refractivity contribution < 1.29 is 4.79 Å². The maximum Gasteiger partial charge on any atom is 0.153 e. The number of ketones is 1. The van der Waals surface area contributed by atoms with Crippen molar-refractivity contribution in [3.63, 3.8) is 0 Å². The molecule has 1 aromatic carbocycles. The predicted molar refractivity (Wildman–Crippen MR) is 94.0 cm³/mol. The van der Waals surface area contributed by atoms with Crippen LogP contribution in [0.15, 0.2) is 24.3 Å². The molecule has 2 atom stereocenters. The van der Waals surface area contributed by atoms with Gasteiger partial charge in [-0.2, -0.15) is 0 Å². The van der Waals surface area contributed by atoms with Crippen molar-refractivity contribution in [1.29, 1.82) is 0 Å². The highest BCUT2D eigenvalue weighted by Crippen LogP contribution is 2.27. The van der Waals surface area contributed by atoms with E-state index in [1.165, 1.54) is 11.3 Å². The summed E-state index contributed by atoms with van der Waals surface area (Å²) in [5, 5.41) is 10.1. The van der Waals surface area contributed by atoms with Crippen molar-refractivity contribution in [2.45, 2.75) is 31.3 Å². The van der Waals surface area contributed by atoms with Crippen LogP contribution in [0.4, 0.5) is 5.69 Å². The van der Waals surface area contributed by atoms with Crippen LogP contribution in [-0.4, -0.2) is 62.5 Å². The van der Waals surface area contributed by atoms with Gasteiger partial charge in [-0.05, 0) is 31.5 Å².